The smallest absolute Gasteiger partial charge is 0.271 e. The number of carbonyl (C=O) groups excluding carboxylic acids is 1. The van der Waals surface area contributed by atoms with Crippen molar-refractivity contribution < 1.29 is 9.53 Å². The van der Waals surface area contributed by atoms with Gasteiger partial charge in [0.25, 0.3) is 11.5 Å². The van der Waals surface area contributed by atoms with Crippen molar-refractivity contribution in [2.75, 3.05) is 12.4 Å². The molecule has 1 N–H and O–H groups in total. The third-order valence-corrected chi connectivity index (χ3v) is 7.77. The second-order valence-electron chi connectivity index (χ2n) is 8.71. The van der Waals surface area contributed by atoms with Crippen LogP contribution in [0.2, 0.25) is 0 Å². The van der Waals surface area contributed by atoms with Gasteiger partial charge in [0.15, 0.2) is 4.80 Å². The highest BCUT2D eigenvalue weighted by Gasteiger charge is 2.32. The van der Waals surface area contributed by atoms with E-state index < -0.39 is 6.04 Å². The van der Waals surface area contributed by atoms with E-state index >= 15 is 0 Å². The molecule has 0 radical (unpaired) electrons. The first-order chi connectivity index (χ1) is 17.9. The summed E-state index contributed by atoms with van der Waals surface area (Å²) < 4.78 is 8.28. The summed E-state index contributed by atoms with van der Waals surface area (Å²) in [7, 11) is 1.61. The summed E-state index contributed by atoms with van der Waals surface area (Å²) >= 11 is 4.82. The van der Waals surface area contributed by atoms with E-state index in [4.69, 9.17) is 9.73 Å². The maximum absolute atomic E-state index is 13.8. The molecule has 0 bridgehead atoms. The van der Waals surface area contributed by atoms with Crippen LogP contribution >= 0.6 is 27.3 Å². The Bertz CT molecular complexity index is 1700. The fourth-order valence-electron chi connectivity index (χ4n) is 4.32. The fraction of sp³-hybridized carbons (Fsp3) is 0.138. The van der Waals surface area contributed by atoms with Crippen molar-refractivity contribution in [1.82, 2.24) is 4.57 Å². The number of fused-ring (bicyclic) bond motifs is 1. The standard InChI is InChI=1S/C29H24BrN3O3S/c1-17-9-12-20(13-10-17)26-25(27(34)32-21-7-5-4-6-8-21)18(2)31-29-33(26)28(35)24(37-29)16-19-11-14-23(36-3)22(30)15-19/h4-16,26H,1-3H3,(H,32,34)/b24-16-. The van der Waals surface area contributed by atoms with Gasteiger partial charge in [-0.2, -0.15) is 0 Å². The van der Waals surface area contributed by atoms with Crippen molar-refractivity contribution in [2.45, 2.75) is 19.9 Å². The van der Waals surface area contributed by atoms with Gasteiger partial charge in [-0.1, -0.05) is 65.4 Å². The van der Waals surface area contributed by atoms with Crippen molar-refractivity contribution >= 4 is 44.9 Å². The van der Waals surface area contributed by atoms with Gasteiger partial charge in [-0.05, 0) is 71.2 Å². The SMILES string of the molecule is COc1ccc(/C=c2\sc3n(c2=O)C(c2ccc(C)cc2)C(C(=O)Nc2ccccc2)=C(C)N=3)cc1Br. The predicted octanol–water partition coefficient (Wildman–Crippen LogP) is 4.95. The molecular weight excluding hydrogens is 550 g/mol. The molecule has 1 amide bonds. The predicted molar refractivity (Wildman–Crippen MR) is 151 cm³/mol. The van der Waals surface area contributed by atoms with Gasteiger partial charge >= 0.3 is 0 Å². The molecule has 3 aromatic carbocycles. The Morgan fingerprint density at radius 3 is 2.49 bits per heavy atom. The van der Waals surface area contributed by atoms with Crippen LogP contribution in [0.3, 0.4) is 0 Å². The number of hydrogen-bond acceptors (Lipinski definition) is 5. The largest absolute Gasteiger partial charge is 0.496 e. The molecule has 8 heteroatoms. The molecule has 0 saturated heterocycles. The lowest BCUT2D eigenvalue weighted by Gasteiger charge is -2.25. The van der Waals surface area contributed by atoms with Crippen LogP contribution < -0.4 is 24.9 Å². The third kappa shape index (κ3) is 4.95. The van der Waals surface area contributed by atoms with Gasteiger partial charge in [0, 0.05) is 5.69 Å². The Morgan fingerprint density at radius 1 is 1.08 bits per heavy atom. The van der Waals surface area contributed by atoms with E-state index in [1.165, 1.54) is 11.3 Å². The number of nitrogens with zero attached hydrogens (tertiary/aromatic N) is 2. The van der Waals surface area contributed by atoms with E-state index in [0.717, 1.165) is 21.2 Å². The minimum atomic E-state index is -0.606. The molecule has 37 heavy (non-hydrogen) atoms. The first-order valence-corrected chi connectivity index (χ1v) is 13.3. The number of carbonyl (C=O) groups is 1. The Kier molecular flexibility index (Phi) is 6.95. The Balaban J connectivity index is 1.66. The van der Waals surface area contributed by atoms with Crippen molar-refractivity contribution in [2.24, 2.45) is 4.99 Å². The van der Waals surface area contributed by atoms with Crippen LogP contribution in [0, 0.1) is 6.92 Å². The summed E-state index contributed by atoms with van der Waals surface area (Å²) in [6.07, 6.45) is 1.84. The van der Waals surface area contributed by atoms with Gasteiger partial charge in [-0.3, -0.25) is 14.2 Å². The Hall–Kier alpha value is -3.75. The van der Waals surface area contributed by atoms with E-state index in [0.29, 0.717) is 32.0 Å². The summed E-state index contributed by atoms with van der Waals surface area (Å²) in [5.74, 6) is 0.425. The second-order valence-corrected chi connectivity index (χ2v) is 10.6. The van der Waals surface area contributed by atoms with E-state index in [2.05, 4.69) is 21.2 Å². The molecule has 6 nitrogen and oxygen atoms in total. The number of benzene rings is 3. The zero-order valence-corrected chi connectivity index (χ0v) is 22.9. The maximum atomic E-state index is 13.8. The monoisotopic (exact) mass is 573 g/mol. The van der Waals surface area contributed by atoms with Crippen molar-refractivity contribution in [3.05, 3.63) is 125 Å². The van der Waals surface area contributed by atoms with Gasteiger partial charge in [0.1, 0.15) is 5.75 Å². The lowest BCUT2D eigenvalue weighted by molar-refractivity contribution is -0.113. The fourth-order valence-corrected chi connectivity index (χ4v) is 5.92. The first-order valence-electron chi connectivity index (χ1n) is 11.6. The lowest BCUT2D eigenvalue weighted by Crippen LogP contribution is -2.40. The number of halogens is 1. The number of aromatic nitrogens is 1. The van der Waals surface area contributed by atoms with E-state index in [1.807, 2.05) is 92.7 Å². The highest BCUT2D eigenvalue weighted by Crippen LogP contribution is 2.31. The zero-order valence-electron chi connectivity index (χ0n) is 20.5. The molecular formula is C29H24BrN3O3S. The molecule has 0 saturated carbocycles. The number of ether oxygens (including phenoxy) is 1. The molecule has 2 heterocycles. The highest BCUT2D eigenvalue weighted by molar-refractivity contribution is 9.10. The molecule has 1 aliphatic rings. The first kappa shape index (κ1) is 24.9. The maximum Gasteiger partial charge on any atom is 0.271 e. The van der Waals surface area contributed by atoms with Crippen molar-refractivity contribution in [1.29, 1.82) is 0 Å². The Labute approximate surface area is 226 Å². The number of hydrogen-bond donors (Lipinski definition) is 1. The average molecular weight is 575 g/mol. The van der Waals surface area contributed by atoms with Gasteiger partial charge in [0.05, 0.1) is 33.4 Å². The summed E-state index contributed by atoms with van der Waals surface area (Å²) in [6.45, 7) is 3.82. The van der Waals surface area contributed by atoms with Gasteiger partial charge in [-0.15, -0.1) is 0 Å². The zero-order chi connectivity index (χ0) is 26.1. The minimum absolute atomic E-state index is 0.196. The number of anilines is 1. The number of nitrogens with one attached hydrogen (secondary N) is 1. The van der Waals surface area contributed by atoms with E-state index in [1.54, 1.807) is 11.7 Å². The molecule has 4 aromatic rings. The molecule has 0 fully saturated rings. The minimum Gasteiger partial charge on any atom is -0.496 e. The topological polar surface area (TPSA) is 72.7 Å². The average Bonchev–Trinajstić information content (AvgIpc) is 3.18. The second kappa shape index (κ2) is 10.3. The molecule has 186 valence electrons. The van der Waals surface area contributed by atoms with Crippen LogP contribution in [0.15, 0.2) is 98.3 Å². The number of allylic oxidation sites excluding steroid dienone is 1. The number of para-hydroxylation sites is 1. The van der Waals surface area contributed by atoms with Crippen molar-refractivity contribution in [3.63, 3.8) is 0 Å². The highest BCUT2D eigenvalue weighted by atomic mass is 79.9. The van der Waals surface area contributed by atoms with Gasteiger partial charge < -0.3 is 10.1 Å². The van der Waals surface area contributed by atoms with Gasteiger partial charge in [-0.25, -0.2) is 4.99 Å². The van der Waals surface area contributed by atoms with Crippen LogP contribution in [0.25, 0.3) is 6.08 Å². The normalized spacial score (nSPS) is 15.2. The van der Waals surface area contributed by atoms with E-state index in [9.17, 15) is 9.59 Å². The number of rotatable bonds is 5. The molecule has 1 atom stereocenters. The molecule has 0 spiro atoms. The third-order valence-electron chi connectivity index (χ3n) is 6.16. The molecule has 1 unspecified atom stereocenters. The van der Waals surface area contributed by atoms with Crippen LogP contribution in [0.5, 0.6) is 5.75 Å². The summed E-state index contributed by atoms with van der Waals surface area (Å²) in [5, 5.41) is 2.97. The molecule has 5 rings (SSSR count). The van der Waals surface area contributed by atoms with Crippen LogP contribution in [-0.2, 0) is 4.79 Å². The molecule has 0 aliphatic carbocycles. The Morgan fingerprint density at radius 2 is 1.81 bits per heavy atom. The summed E-state index contributed by atoms with van der Waals surface area (Å²) in [5.41, 5.74) is 4.30. The van der Waals surface area contributed by atoms with Crippen LogP contribution in [0.4, 0.5) is 5.69 Å². The number of aryl methyl sites for hydroxylation is 1. The van der Waals surface area contributed by atoms with Gasteiger partial charge in [0.2, 0.25) is 0 Å². The number of thiazole rings is 1. The van der Waals surface area contributed by atoms with Crippen LogP contribution in [0.1, 0.15) is 29.7 Å². The number of methoxy groups -OCH3 is 1. The quantitative estimate of drug-likeness (QED) is 0.367. The molecule has 1 aliphatic heterocycles. The summed E-state index contributed by atoms with van der Waals surface area (Å²) in [6, 6.07) is 22.2. The lowest BCUT2D eigenvalue weighted by atomic mass is 9.94. The molecule has 1 aromatic heterocycles. The number of amides is 1. The van der Waals surface area contributed by atoms with Crippen LogP contribution in [-0.4, -0.2) is 17.6 Å². The van der Waals surface area contributed by atoms with E-state index in [-0.39, 0.29) is 11.5 Å². The summed E-state index contributed by atoms with van der Waals surface area (Å²) in [4.78, 5) is 32.6. The van der Waals surface area contributed by atoms with Crippen molar-refractivity contribution in [3.8, 4) is 5.75 Å².